The number of carbonyl (C=O) groups excluding carboxylic acids is 1. The van der Waals surface area contributed by atoms with E-state index >= 15 is 0 Å². The minimum Gasteiger partial charge on any atom is -0.364 e. The van der Waals surface area contributed by atoms with Gasteiger partial charge in [0.1, 0.15) is 5.56 Å². The van der Waals surface area contributed by atoms with Crippen molar-refractivity contribution in [3.8, 4) is 0 Å². The first-order chi connectivity index (χ1) is 12.0. The molecular formula is C20H25N3O2. The van der Waals surface area contributed by atoms with Gasteiger partial charge in [0, 0.05) is 30.7 Å². The number of aryl methyl sites for hydroxylation is 2. The van der Waals surface area contributed by atoms with Gasteiger partial charge < -0.3 is 9.88 Å². The van der Waals surface area contributed by atoms with E-state index < -0.39 is 0 Å². The van der Waals surface area contributed by atoms with Crippen molar-refractivity contribution in [1.82, 2.24) is 14.9 Å². The van der Waals surface area contributed by atoms with Crippen LogP contribution in [0.4, 0.5) is 0 Å². The molecule has 1 aliphatic rings. The number of nitrogens with zero attached hydrogens (tertiary/aromatic N) is 2. The molecule has 0 bridgehead atoms. The molecule has 2 heterocycles. The summed E-state index contributed by atoms with van der Waals surface area (Å²) >= 11 is 0. The highest BCUT2D eigenvalue weighted by atomic mass is 16.2. The van der Waals surface area contributed by atoms with Gasteiger partial charge in [-0.1, -0.05) is 19.9 Å². The lowest BCUT2D eigenvalue weighted by atomic mass is 9.90. The monoisotopic (exact) mass is 339 g/mol. The van der Waals surface area contributed by atoms with Gasteiger partial charge in [0.2, 0.25) is 0 Å². The Kier molecular flexibility index (Phi) is 5.02. The minimum absolute atomic E-state index is 0.0689. The van der Waals surface area contributed by atoms with Gasteiger partial charge in [-0.15, -0.1) is 0 Å². The first kappa shape index (κ1) is 17.4. The number of rotatable bonds is 4. The summed E-state index contributed by atoms with van der Waals surface area (Å²) in [5.74, 6) is 0.0982. The third-order valence-electron chi connectivity index (χ3n) is 4.65. The molecule has 3 rings (SSSR count). The van der Waals surface area contributed by atoms with Crippen LogP contribution in [0.1, 0.15) is 60.0 Å². The number of H-pyrrole nitrogens is 1. The minimum atomic E-state index is -0.230. The van der Waals surface area contributed by atoms with Crippen LogP contribution >= 0.6 is 0 Å². The predicted molar refractivity (Wildman–Crippen MR) is 97.6 cm³/mol. The van der Waals surface area contributed by atoms with E-state index in [-0.39, 0.29) is 22.9 Å². The largest absolute Gasteiger partial charge is 0.364 e. The maximum absolute atomic E-state index is 13.2. The fourth-order valence-electron chi connectivity index (χ4n) is 3.53. The molecule has 2 aromatic heterocycles. The van der Waals surface area contributed by atoms with Crippen LogP contribution in [0.25, 0.3) is 0 Å². The lowest BCUT2D eigenvalue weighted by Gasteiger charge is -2.36. The summed E-state index contributed by atoms with van der Waals surface area (Å²) in [6.07, 6.45) is 6.22. The summed E-state index contributed by atoms with van der Waals surface area (Å²) in [5.41, 5.74) is 2.91. The Morgan fingerprint density at radius 1 is 1.44 bits per heavy atom. The van der Waals surface area contributed by atoms with E-state index in [1.165, 1.54) is 17.8 Å². The number of pyridine rings is 2. The second-order valence-electron chi connectivity index (χ2n) is 7.20. The summed E-state index contributed by atoms with van der Waals surface area (Å²) in [4.78, 5) is 34.9. The number of aromatic nitrogens is 2. The molecule has 1 N–H and O–H groups in total. The lowest BCUT2D eigenvalue weighted by Crippen LogP contribution is -2.41. The molecule has 0 saturated heterocycles. The van der Waals surface area contributed by atoms with Crippen LogP contribution < -0.4 is 5.43 Å². The van der Waals surface area contributed by atoms with E-state index in [0.717, 1.165) is 30.7 Å². The van der Waals surface area contributed by atoms with Crippen LogP contribution in [-0.2, 0) is 6.42 Å². The lowest BCUT2D eigenvalue weighted by molar-refractivity contribution is 0.0621. The predicted octanol–water partition coefficient (Wildman–Crippen LogP) is 3.25. The average molecular weight is 339 g/mol. The van der Waals surface area contributed by atoms with Crippen molar-refractivity contribution >= 4 is 5.91 Å². The molecule has 1 atom stereocenters. The fourth-order valence-corrected chi connectivity index (χ4v) is 3.53. The molecule has 2 aromatic rings. The third-order valence-corrected chi connectivity index (χ3v) is 4.65. The van der Waals surface area contributed by atoms with Crippen molar-refractivity contribution < 1.29 is 4.79 Å². The summed E-state index contributed by atoms with van der Waals surface area (Å²) in [5, 5.41) is 0. The molecule has 5 nitrogen and oxygen atoms in total. The summed E-state index contributed by atoms with van der Waals surface area (Å²) in [7, 11) is 0. The second kappa shape index (κ2) is 7.21. The summed E-state index contributed by atoms with van der Waals surface area (Å²) in [6, 6.07) is 5.44. The van der Waals surface area contributed by atoms with Crippen LogP contribution in [0.5, 0.6) is 0 Å². The Morgan fingerprint density at radius 2 is 2.24 bits per heavy atom. The van der Waals surface area contributed by atoms with E-state index in [1.807, 2.05) is 17.9 Å². The number of hydrogen-bond acceptors (Lipinski definition) is 3. The molecule has 0 aromatic carbocycles. The maximum Gasteiger partial charge on any atom is 0.259 e. The molecule has 0 saturated carbocycles. The standard InChI is InChI=1S/C20H25N3O2/c1-13(2)12-23(20(25)16-11-22-14(3)10-18(16)24)17-8-4-6-15-7-5-9-21-19(15)17/h5,7,9-11,13,17H,4,6,8,12H2,1-3H3,(H,22,24). The van der Waals surface area contributed by atoms with Crippen molar-refractivity contribution in [2.75, 3.05) is 6.54 Å². The molecule has 0 fully saturated rings. The van der Waals surface area contributed by atoms with E-state index in [0.29, 0.717) is 12.5 Å². The number of fused-ring (bicyclic) bond motifs is 1. The van der Waals surface area contributed by atoms with Crippen LogP contribution in [-0.4, -0.2) is 27.3 Å². The van der Waals surface area contributed by atoms with Crippen LogP contribution in [0.15, 0.2) is 35.4 Å². The topological polar surface area (TPSA) is 66.1 Å². The molecule has 25 heavy (non-hydrogen) atoms. The van der Waals surface area contributed by atoms with Crippen LogP contribution in [0.3, 0.4) is 0 Å². The highest BCUT2D eigenvalue weighted by molar-refractivity contribution is 5.94. The van der Waals surface area contributed by atoms with Gasteiger partial charge in [-0.3, -0.25) is 14.6 Å². The number of nitrogens with one attached hydrogen (secondary N) is 1. The maximum atomic E-state index is 13.2. The Morgan fingerprint density at radius 3 is 2.96 bits per heavy atom. The molecule has 5 heteroatoms. The van der Waals surface area contributed by atoms with Gasteiger partial charge in [-0.2, -0.15) is 0 Å². The van der Waals surface area contributed by atoms with E-state index in [2.05, 4.69) is 29.9 Å². The zero-order chi connectivity index (χ0) is 18.0. The Labute approximate surface area is 148 Å². The summed E-state index contributed by atoms with van der Waals surface area (Å²) < 4.78 is 0. The van der Waals surface area contributed by atoms with E-state index in [9.17, 15) is 9.59 Å². The van der Waals surface area contributed by atoms with Gasteiger partial charge in [-0.05, 0) is 43.7 Å². The Bertz CT molecular complexity index is 826. The zero-order valence-electron chi connectivity index (χ0n) is 15.1. The fraction of sp³-hybridized carbons (Fsp3) is 0.450. The molecule has 1 unspecified atom stereocenters. The first-order valence-electron chi connectivity index (χ1n) is 8.91. The quantitative estimate of drug-likeness (QED) is 0.930. The normalized spacial score (nSPS) is 16.6. The van der Waals surface area contributed by atoms with Crippen molar-refractivity contribution in [2.24, 2.45) is 5.92 Å². The van der Waals surface area contributed by atoms with Crippen molar-refractivity contribution in [1.29, 1.82) is 0 Å². The van der Waals surface area contributed by atoms with Crippen molar-refractivity contribution in [2.45, 2.75) is 46.1 Å². The van der Waals surface area contributed by atoms with Gasteiger partial charge >= 0.3 is 0 Å². The molecule has 0 spiro atoms. The molecule has 132 valence electrons. The number of amides is 1. The van der Waals surface area contributed by atoms with Gasteiger partial charge in [0.15, 0.2) is 5.43 Å². The van der Waals surface area contributed by atoms with Crippen molar-refractivity contribution in [3.05, 3.63) is 63.3 Å². The SMILES string of the molecule is Cc1cc(=O)c(C(=O)N(CC(C)C)C2CCCc3cccnc32)c[nH]1. The number of aromatic amines is 1. The molecule has 1 amide bonds. The number of carbonyl (C=O) groups is 1. The van der Waals surface area contributed by atoms with Crippen LogP contribution in [0.2, 0.25) is 0 Å². The zero-order valence-corrected chi connectivity index (χ0v) is 15.1. The highest BCUT2D eigenvalue weighted by Gasteiger charge is 2.32. The van der Waals surface area contributed by atoms with Gasteiger partial charge in [0.05, 0.1) is 11.7 Å². The molecule has 0 aliphatic heterocycles. The van der Waals surface area contributed by atoms with Crippen LogP contribution in [0, 0.1) is 12.8 Å². The first-order valence-corrected chi connectivity index (χ1v) is 8.91. The third kappa shape index (κ3) is 3.65. The molecule has 1 aliphatic carbocycles. The van der Waals surface area contributed by atoms with Gasteiger partial charge in [0.25, 0.3) is 5.91 Å². The van der Waals surface area contributed by atoms with Gasteiger partial charge in [-0.25, -0.2) is 0 Å². The average Bonchev–Trinajstić information content (AvgIpc) is 2.58. The Hall–Kier alpha value is -2.43. The molecular weight excluding hydrogens is 314 g/mol. The number of hydrogen-bond donors (Lipinski definition) is 1. The van der Waals surface area contributed by atoms with E-state index in [4.69, 9.17) is 0 Å². The Balaban J connectivity index is 2.01. The highest BCUT2D eigenvalue weighted by Crippen LogP contribution is 2.33. The second-order valence-corrected chi connectivity index (χ2v) is 7.20. The summed E-state index contributed by atoms with van der Waals surface area (Å²) in [6.45, 7) is 6.58. The molecule has 0 radical (unpaired) electrons. The smallest absolute Gasteiger partial charge is 0.259 e. The van der Waals surface area contributed by atoms with Crippen molar-refractivity contribution in [3.63, 3.8) is 0 Å². The van der Waals surface area contributed by atoms with E-state index in [1.54, 1.807) is 6.20 Å².